The Morgan fingerprint density at radius 1 is 1.43 bits per heavy atom. The highest BCUT2D eigenvalue weighted by Crippen LogP contribution is 2.31. The zero-order valence-electron chi connectivity index (χ0n) is 11.6. The van der Waals surface area contributed by atoms with Crippen LogP contribution >= 0.6 is 0 Å². The molecule has 21 heavy (non-hydrogen) atoms. The molecular formula is C13H15N5O3. The van der Waals surface area contributed by atoms with Crippen LogP contribution in [-0.2, 0) is 4.79 Å². The van der Waals surface area contributed by atoms with E-state index < -0.39 is 11.0 Å². The number of benzene rings is 1. The van der Waals surface area contributed by atoms with Gasteiger partial charge in [0.2, 0.25) is 5.96 Å². The highest BCUT2D eigenvalue weighted by molar-refractivity contribution is 5.98. The van der Waals surface area contributed by atoms with Gasteiger partial charge in [0.05, 0.1) is 4.92 Å². The molecule has 0 spiro atoms. The number of Topliss-reactive ketones (excluding diaryl/α,β-unsaturated/α-hetero) is 1. The van der Waals surface area contributed by atoms with Crippen molar-refractivity contribution < 1.29 is 9.72 Å². The number of carbonyl (C=O) groups excluding carboxylic acids is 1. The lowest BCUT2D eigenvalue weighted by molar-refractivity contribution is -0.384. The molecule has 110 valence electrons. The number of nitrogens with two attached hydrogens (primary N) is 1. The van der Waals surface area contributed by atoms with E-state index in [4.69, 9.17) is 5.84 Å². The van der Waals surface area contributed by atoms with E-state index in [0.29, 0.717) is 22.8 Å². The molecule has 1 aromatic carbocycles. The van der Waals surface area contributed by atoms with Crippen molar-refractivity contribution in [2.45, 2.75) is 19.9 Å². The Labute approximate surface area is 120 Å². The normalized spacial score (nSPS) is 17.9. The molecule has 0 fully saturated rings. The highest BCUT2D eigenvalue weighted by Gasteiger charge is 2.27. The summed E-state index contributed by atoms with van der Waals surface area (Å²) in [7, 11) is 0. The number of nitro benzene ring substituents is 1. The lowest BCUT2D eigenvalue weighted by Gasteiger charge is -2.25. The van der Waals surface area contributed by atoms with E-state index in [1.165, 1.54) is 19.1 Å². The molecule has 1 aliphatic rings. The van der Waals surface area contributed by atoms with E-state index in [9.17, 15) is 14.9 Å². The van der Waals surface area contributed by atoms with Crippen molar-refractivity contribution >= 4 is 17.4 Å². The first-order valence-corrected chi connectivity index (χ1v) is 6.21. The third-order valence-electron chi connectivity index (χ3n) is 3.18. The molecule has 0 bridgehead atoms. The van der Waals surface area contributed by atoms with Crippen LogP contribution in [-0.4, -0.2) is 16.7 Å². The molecule has 0 aliphatic carbocycles. The lowest BCUT2D eigenvalue weighted by Crippen LogP contribution is -2.44. The standard InChI is InChI=1S/C13H15N5O3/c1-7-11(8(2)19)12(16-13(15-7)17-14)9-3-5-10(6-4-9)18(20)21/h3-6,12H,14H2,1-2H3,(H2,15,16,17). The molecule has 0 saturated heterocycles. The fourth-order valence-electron chi connectivity index (χ4n) is 2.23. The molecule has 0 amide bonds. The zero-order chi connectivity index (χ0) is 15.6. The number of hydrogen-bond acceptors (Lipinski definition) is 7. The maximum atomic E-state index is 11.8. The molecule has 1 aromatic rings. The number of nitrogens with zero attached hydrogens (tertiary/aromatic N) is 2. The van der Waals surface area contributed by atoms with Gasteiger partial charge in [-0.25, -0.2) is 10.8 Å². The van der Waals surface area contributed by atoms with Gasteiger partial charge in [0.1, 0.15) is 6.04 Å². The number of carbonyl (C=O) groups is 1. The van der Waals surface area contributed by atoms with Crippen LogP contribution in [0, 0.1) is 10.1 Å². The van der Waals surface area contributed by atoms with Crippen LogP contribution in [0.5, 0.6) is 0 Å². The predicted molar refractivity (Wildman–Crippen MR) is 77.1 cm³/mol. The second-order valence-electron chi connectivity index (χ2n) is 4.59. The summed E-state index contributed by atoms with van der Waals surface area (Å²) < 4.78 is 0. The van der Waals surface area contributed by atoms with E-state index in [1.807, 2.05) is 0 Å². The molecule has 0 saturated carbocycles. The number of rotatable bonds is 3. The van der Waals surface area contributed by atoms with E-state index in [2.05, 4.69) is 15.7 Å². The summed E-state index contributed by atoms with van der Waals surface area (Å²) in [4.78, 5) is 26.4. The first-order valence-electron chi connectivity index (χ1n) is 6.21. The van der Waals surface area contributed by atoms with Gasteiger partial charge in [-0.05, 0) is 31.5 Å². The van der Waals surface area contributed by atoms with E-state index in [-0.39, 0.29) is 11.5 Å². The molecule has 4 N–H and O–H groups in total. The van der Waals surface area contributed by atoms with Crippen molar-refractivity contribution in [3.63, 3.8) is 0 Å². The molecule has 1 atom stereocenters. The Hall–Kier alpha value is -2.74. The van der Waals surface area contributed by atoms with Crippen molar-refractivity contribution in [3.8, 4) is 0 Å². The van der Waals surface area contributed by atoms with Gasteiger partial charge in [-0.2, -0.15) is 0 Å². The van der Waals surface area contributed by atoms with Crippen LogP contribution in [0.4, 0.5) is 5.69 Å². The predicted octanol–water partition coefficient (Wildman–Crippen LogP) is 0.921. The molecule has 2 rings (SSSR count). The minimum absolute atomic E-state index is 0.0149. The van der Waals surface area contributed by atoms with Crippen molar-refractivity contribution in [2.24, 2.45) is 10.8 Å². The van der Waals surface area contributed by atoms with Crippen LogP contribution in [0.1, 0.15) is 25.5 Å². The van der Waals surface area contributed by atoms with Gasteiger partial charge in [0.25, 0.3) is 5.69 Å². The minimum atomic E-state index is -0.546. The molecule has 8 nitrogen and oxygen atoms in total. The number of aliphatic imine (C=N–C) groups is 1. The number of hydrazine groups is 1. The molecular weight excluding hydrogens is 274 g/mol. The average molecular weight is 289 g/mol. The van der Waals surface area contributed by atoms with Crippen LogP contribution in [0.3, 0.4) is 0 Å². The topological polar surface area (TPSA) is 123 Å². The minimum Gasteiger partial charge on any atom is -0.329 e. The summed E-state index contributed by atoms with van der Waals surface area (Å²) in [5, 5.41) is 13.6. The summed E-state index contributed by atoms with van der Waals surface area (Å²) in [6, 6.07) is 5.39. The Morgan fingerprint density at radius 3 is 2.52 bits per heavy atom. The van der Waals surface area contributed by atoms with Crippen LogP contribution < -0.4 is 16.6 Å². The Morgan fingerprint density at radius 2 is 2.05 bits per heavy atom. The fraction of sp³-hybridized carbons (Fsp3) is 0.231. The fourth-order valence-corrected chi connectivity index (χ4v) is 2.23. The van der Waals surface area contributed by atoms with Crippen LogP contribution in [0.2, 0.25) is 0 Å². The molecule has 1 heterocycles. The second-order valence-corrected chi connectivity index (χ2v) is 4.59. The summed E-state index contributed by atoms with van der Waals surface area (Å²) in [6.07, 6.45) is 0. The molecule has 1 unspecified atom stereocenters. The smallest absolute Gasteiger partial charge is 0.269 e. The van der Waals surface area contributed by atoms with Gasteiger partial charge >= 0.3 is 0 Å². The van der Waals surface area contributed by atoms with Crippen molar-refractivity contribution in [3.05, 3.63) is 51.2 Å². The number of allylic oxidation sites excluding steroid dienone is 1. The maximum Gasteiger partial charge on any atom is 0.269 e. The monoisotopic (exact) mass is 289 g/mol. The first kappa shape index (κ1) is 14.7. The Bertz CT molecular complexity index is 648. The van der Waals surface area contributed by atoms with Gasteiger partial charge < -0.3 is 5.32 Å². The van der Waals surface area contributed by atoms with E-state index in [1.54, 1.807) is 19.1 Å². The molecule has 0 radical (unpaired) electrons. The first-order chi connectivity index (χ1) is 9.93. The van der Waals surface area contributed by atoms with Crippen molar-refractivity contribution in [1.29, 1.82) is 0 Å². The van der Waals surface area contributed by atoms with Crippen LogP contribution in [0.15, 0.2) is 40.5 Å². The van der Waals surface area contributed by atoms with Gasteiger partial charge in [0.15, 0.2) is 5.78 Å². The zero-order valence-corrected chi connectivity index (χ0v) is 11.6. The molecule has 8 heteroatoms. The number of nitro groups is 1. The Balaban J connectivity index is 2.46. The maximum absolute atomic E-state index is 11.8. The van der Waals surface area contributed by atoms with Crippen LogP contribution in [0.25, 0.3) is 0 Å². The summed E-state index contributed by atoms with van der Waals surface area (Å²) in [5.74, 6) is 5.56. The average Bonchev–Trinajstić information content (AvgIpc) is 2.45. The Kier molecular flexibility index (Phi) is 3.99. The summed E-state index contributed by atoms with van der Waals surface area (Å²) in [5.41, 5.74) is 4.22. The van der Waals surface area contributed by atoms with Crippen molar-refractivity contribution in [1.82, 2.24) is 10.7 Å². The number of non-ortho nitro benzene ring substituents is 1. The number of nitrogens with one attached hydrogen (secondary N) is 2. The van der Waals surface area contributed by atoms with Gasteiger partial charge in [-0.15, -0.1) is 0 Å². The SMILES string of the molecule is CC(=O)C1=C(C)NC(NN)=NC1c1ccc([N+](=O)[O-])cc1. The quantitative estimate of drug-likeness (QED) is 0.432. The van der Waals surface area contributed by atoms with Gasteiger partial charge in [0, 0.05) is 23.4 Å². The second kappa shape index (κ2) is 5.71. The third kappa shape index (κ3) is 2.90. The number of ketones is 1. The molecule has 0 aromatic heterocycles. The largest absolute Gasteiger partial charge is 0.329 e. The van der Waals surface area contributed by atoms with Gasteiger partial charge in [-0.3, -0.25) is 20.3 Å². The van der Waals surface area contributed by atoms with Crippen molar-refractivity contribution in [2.75, 3.05) is 0 Å². The lowest BCUT2D eigenvalue weighted by atomic mass is 9.94. The van der Waals surface area contributed by atoms with E-state index in [0.717, 1.165) is 0 Å². The number of hydrogen-bond donors (Lipinski definition) is 3. The molecule has 1 aliphatic heterocycles. The summed E-state index contributed by atoms with van der Waals surface area (Å²) >= 11 is 0. The van der Waals surface area contributed by atoms with Gasteiger partial charge in [-0.1, -0.05) is 0 Å². The number of guanidine groups is 1. The highest BCUT2D eigenvalue weighted by atomic mass is 16.6. The van der Waals surface area contributed by atoms with E-state index >= 15 is 0 Å². The summed E-state index contributed by atoms with van der Waals surface area (Å²) in [6.45, 7) is 3.20. The third-order valence-corrected chi connectivity index (χ3v) is 3.18.